The molecule has 0 aromatic rings. The van der Waals surface area contributed by atoms with Gasteiger partial charge < -0.3 is 33.8 Å². The van der Waals surface area contributed by atoms with Gasteiger partial charge in [-0.2, -0.15) is 0 Å². The fourth-order valence-electron chi connectivity index (χ4n) is 11.8. The van der Waals surface area contributed by atoms with E-state index in [0.29, 0.717) is 25.7 Å². The number of unbranched alkanes of at least 4 members (excludes halogenated alkanes) is 46. The van der Waals surface area contributed by atoms with Crippen LogP contribution in [0.1, 0.15) is 401 Å². The Morgan fingerprint density at radius 3 is 0.708 bits per heavy atom. The molecule has 0 rings (SSSR count). The first-order valence-electron chi connectivity index (χ1n) is 40.0. The Hall–Kier alpha value is -1.94. The number of phosphoric ester groups is 2. The molecule has 2 unspecified atom stereocenters. The van der Waals surface area contributed by atoms with Crippen LogP contribution < -0.4 is 0 Å². The summed E-state index contributed by atoms with van der Waals surface area (Å²) in [4.78, 5) is 72.9. The van der Waals surface area contributed by atoms with Crippen LogP contribution >= 0.6 is 15.6 Å². The Kier molecular flexibility index (Phi) is 67.4. The van der Waals surface area contributed by atoms with Crippen molar-refractivity contribution in [3.05, 3.63) is 0 Å². The highest BCUT2D eigenvalue weighted by Crippen LogP contribution is 2.45. The van der Waals surface area contributed by atoms with Gasteiger partial charge >= 0.3 is 39.5 Å². The highest BCUT2D eigenvalue weighted by atomic mass is 31.2. The Labute approximate surface area is 588 Å². The number of hydrogen-bond donors (Lipinski definition) is 3. The van der Waals surface area contributed by atoms with Crippen LogP contribution in [-0.2, 0) is 65.4 Å². The molecule has 0 spiro atoms. The molecule has 0 aliphatic carbocycles. The van der Waals surface area contributed by atoms with E-state index >= 15 is 0 Å². The predicted octanol–water partition coefficient (Wildman–Crippen LogP) is 22.7. The Balaban J connectivity index is 5.27. The molecule has 96 heavy (non-hydrogen) atoms. The number of ether oxygens (including phenoxy) is 4. The van der Waals surface area contributed by atoms with Crippen molar-refractivity contribution in [2.75, 3.05) is 39.6 Å². The summed E-state index contributed by atoms with van der Waals surface area (Å²) in [5, 5.41) is 10.6. The normalized spacial score (nSPS) is 14.0. The van der Waals surface area contributed by atoms with Gasteiger partial charge in [-0.3, -0.25) is 37.3 Å². The van der Waals surface area contributed by atoms with Gasteiger partial charge in [0.05, 0.1) is 26.4 Å². The van der Waals surface area contributed by atoms with Crippen molar-refractivity contribution in [2.45, 2.75) is 419 Å². The second kappa shape index (κ2) is 68.8. The van der Waals surface area contributed by atoms with Crippen molar-refractivity contribution in [1.29, 1.82) is 0 Å². The highest BCUT2D eigenvalue weighted by Gasteiger charge is 2.30. The van der Waals surface area contributed by atoms with Gasteiger partial charge in [-0.25, -0.2) is 9.13 Å². The summed E-state index contributed by atoms with van der Waals surface area (Å²) in [7, 11) is -9.91. The smallest absolute Gasteiger partial charge is 0.462 e. The second-order valence-electron chi connectivity index (χ2n) is 28.7. The lowest BCUT2D eigenvalue weighted by atomic mass is 10.0. The maximum atomic E-state index is 13.1. The van der Waals surface area contributed by atoms with Gasteiger partial charge in [0, 0.05) is 25.7 Å². The molecule has 0 aromatic heterocycles. The summed E-state index contributed by atoms with van der Waals surface area (Å²) in [5.41, 5.74) is 0. The van der Waals surface area contributed by atoms with Crippen LogP contribution in [0.2, 0.25) is 0 Å². The summed E-state index contributed by atoms with van der Waals surface area (Å²) >= 11 is 0. The maximum absolute atomic E-state index is 13.1. The van der Waals surface area contributed by atoms with Crippen LogP contribution in [-0.4, -0.2) is 96.7 Å². The van der Waals surface area contributed by atoms with Crippen molar-refractivity contribution >= 4 is 39.5 Å². The molecule has 3 N–H and O–H groups in total. The third kappa shape index (κ3) is 70.5. The van der Waals surface area contributed by atoms with Gasteiger partial charge in [0.2, 0.25) is 0 Å². The van der Waals surface area contributed by atoms with E-state index in [1.165, 1.54) is 218 Å². The van der Waals surface area contributed by atoms with E-state index in [4.69, 9.17) is 37.0 Å². The SMILES string of the molecule is CCCCCCCCCCCCCCCCCCC(=O)O[C@H](COC(=O)CCCCCCCCCCCCCC(C)C)COP(=O)(O)OC[C@@H](O)COP(=O)(O)OC[C@@H](COC(=O)CCCCCCCCCCCCCCC)OC(=O)CCCCCCCCCCCCC(C)C. The molecule has 0 heterocycles. The van der Waals surface area contributed by atoms with E-state index in [1.807, 2.05) is 0 Å². The topological polar surface area (TPSA) is 237 Å². The van der Waals surface area contributed by atoms with Gasteiger partial charge in [-0.1, -0.05) is 350 Å². The van der Waals surface area contributed by atoms with Crippen molar-refractivity contribution in [3.63, 3.8) is 0 Å². The number of aliphatic hydroxyl groups excluding tert-OH is 1. The lowest BCUT2D eigenvalue weighted by Crippen LogP contribution is -2.30. The minimum absolute atomic E-state index is 0.106. The van der Waals surface area contributed by atoms with E-state index in [1.54, 1.807) is 0 Å². The molecule has 0 fully saturated rings. The zero-order valence-corrected chi connectivity index (χ0v) is 64.5. The van der Waals surface area contributed by atoms with Crippen molar-refractivity contribution in [3.8, 4) is 0 Å². The van der Waals surface area contributed by atoms with Crippen molar-refractivity contribution in [1.82, 2.24) is 0 Å². The second-order valence-corrected chi connectivity index (χ2v) is 31.6. The summed E-state index contributed by atoms with van der Waals surface area (Å²) in [6.45, 7) is 9.61. The first kappa shape index (κ1) is 94.1. The number of esters is 4. The fourth-order valence-corrected chi connectivity index (χ4v) is 13.4. The predicted molar refractivity (Wildman–Crippen MR) is 391 cm³/mol. The van der Waals surface area contributed by atoms with Gasteiger partial charge in [-0.05, 0) is 37.5 Å². The number of hydrogen-bond acceptors (Lipinski definition) is 15. The summed E-state index contributed by atoms with van der Waals surface area (Å²) < 4.78 is 68.6. The lowest BCUT2D eigenvalue weighted by molar-refractivity contribution is -0.161. The van der Waals surface area contributed by atoms with E-state index in [-0.39, 0.29) is 25.7 Å². The highest BCUT2D eigenvalue weighted by molar-refractivity contribution is 7.47. The number of carbonyl (C=O) groups is 4. The van der Waals surface area contributed by atoms with Crippen LogP contribution in [0, 0.1) is 11.8 Å². The number of rotatable bonds is 76. The zero-order chi connectivity index (χ0) is 70.7. The maximum Gasteiger partial charge on any atom is 0.472 e. The molecule has 19 heteroatoms. The van der Waals surface area contributed by atoms with E-state index in [0.717, 1.165) is 102 Å². The van der Waals surface area contributed by atoms with E-state index in [9.17, 15) is 43.2 Å². The Morgan fingerprint density at radius 1 is 0.281 bits per heavy atom. The molecule has 0 aliphatic rings. The van der Waals surface area contributed by atoms with Crippen LogP contribution in [0.15, 0.2) is 0 Å². The Morgan fingerprint density at radius 2 is 0.479 bits per heavy atom. The summed E-state index contributed by atoms with van der Waals surface area (Å²) in [6, 6.07) is 0. The van der Waals surface area contributed by atoms with Crippen LogP contribution in [0.25, 0.3) is 0 Å². The average molecular weight is 1410 g/mol. The number of carbonyl (C=O) groups excluding carboxylic acids is 4. The Bertz CT molecular complexity index is 1860. The monoisotopic (exact) mass is 1410 g/mol. The minimum Gasteiger partial charge on any atom is -0.462 e. The zero-order valence-electron chi connectivity index (χ0n) is 62.7. The van der Waals surface area contributed by atoms with E-state index < -0.39 is 97.5 Å². The molecule has 17 nitrogen and oxygen atoms in total. The first-order valence-corrected chi connectivity index (χ1v) is 43.0. The molecule has 0 aliphatic heterocycles. The molecule has 0 radical (unpaired) electrons. The summed E-state index contributed by atoms with van der Waals surface area (Å²) in [5.74, 6) is -0.588. The molecule has 0 saturated heterocycles. The molecule has 0 amide bonds. The first-order chi connectivity index (χ1) is 46.4. The third-order valence-corrected chi connectivity index (χ3v) is 19.9. The van der Waals surface area contributed by atoms with Gasteiger partial charge in [0.25, 0.3) is 0 Å². The lowest BCUT2D eigenvalue weighted by Gasteiger charge is -2.21. The van der Waals surface area contributed by atoms with Crippen molar-refractivity contribution in [2.24, 2.45) is 11.8 Å². The average Bonchev–Trinajstić information content (AvgIpc) is 2.33. The van der Waals surface area contributed by atoms with Crippen molar-refractivity contribution < 1.29 is 80.2 Å². The standard InChI is InChI=1S/C77H150O17P2/c1-7-9-11-13-15-17-19-21-22-23-25-29-37-43-49-55-61-76(81)93-72(65-88-75(80)60-54-48-42-36-30-26-27-33-39-45-51-57-69(3)4)67-91-95(83,84)89-63-71(78)64-90-96(85,86)92-68-73(94-77(82)62-56-50-44-38-32-31-34-40-46-52-58-70(5)6)66-87-74(79)59-53-47-41-35-28-24-20-18-16-14-12-10-8-2/h69-73,78H,7-68H2,1-6H3,(H,83,84)(H,85,86)/t71-,72-,73-/m1/s1. The summed E-state index contributed by atoms with van der Waals surface area (Å²) in [6.07, 6.45) is 56.7. The number of phosphoric acid groups is 2. The van der Waals surface area contributed by atoms with Crippen LogP contribution in [0.3, 0.4) is 0 Å². The minimum atomic E-state index is -4.96. The van der Waals surface area contributed by atoms with Gasteiger partial charge in [0.1, 0.15) is 19.3 Å². The van der Waals surface area contributed by atoms with Gasteiger partial charge in [-0.15, -0.1) is 0 Å². The molecular weight excluding hydrogens is 1260 g/mol. The van der Waals surface area contributed by atoms with Crippen LogP contribution in [0.5, 0.6) is 0 Å². The molecule has 0 bridgehead atoms. The quantitative estimate of drug-likeness (QED) is 0.0222. The fraction of sp³-hybridized carbons (Fsp3) is 0.948. The molecular formula is C77H150O17P2. The molecule has 5 atom stereocenters. The largest absolute Gasteiger partial charge is 0.472 e. The number of aliphatic hydroxyl groups is 1. The van der Waals surface area contributed by atoms with E-state index in [2.05, 4.69) is 41.5 Å². The molecule has 0 saturated carbocycles. The molecule has 0 aromatic carbocycles. The van der Waals surface area contributed by atoms with Gasteiger partial charge in [0.15, 0.2) is 12.2 Å². The third-order valence-electron chi connectivity index (χ3n) is 18.0. The molecule has 570 valence electrons. The van der Waals surface area contributed by atoms with Crippen LogP contribution in [0.4, 0.5) is 0 Å².